The van der Waals surface area contributed by atoms with Gasteiger partial charge >= 0.3 is 11.9 Å². The van der Waals surface area contributed by atoms with Gasteiger partial charge in [0.05, 0.1) is 12.9 Å². The van der Waals surface area contributed by atoms with Crippen LogP contribution in [0.2, 0.25) is 0 Å². The number of methoxy groups -OCH3 is 1. The van der Waals surface area contributed by atoms with Crippen LogP contribution in [0.3, 0.4) is 0 Å². The van der Waals surface area contributed by atoms with Crippen molar-refractivity contribution in [3.8, 4) is 5.75 Å². The molecule has 0 aliphatic carbocycles. The summed E-state index contributed by atoms with van der Waals surface area (Å²) in [6, 6.07) is 7.02. The Bertz CT molecular complexity index is 1420. The highest BCUT2D eigenvalue weighted by atomic mass is 79.9. The lowest BCUT2D eigenvalue weighted by atomic mass is 9.89. The zero-order valence-corrected chi connectivity index (χ0v) is 23.0. The molecule has 1 aromatic heterocycles. The molecule has 3 aliphatic rings. The van der Waals surface area contributed by atoms with Crippen molar-refractivity contribution in [1.29, 1.82) is 0 Å². The van der Waals surface area contributed by atoms with Crippen LogP contribution in [-0.4, -0.2) is 63.3 Å². The summed E-state index contributed by atoms with van der Waals surface area (Å²) in [5.41, 5.74) is 0.948. The number of alkyl halides is 1. The first kappa shape index (κ1) is 25.8. The van der Waals surface area contributed by atoms with Gasteiger partial charge in [0, 0.05) is 25.1 Å². The molecule has 1 amide bonds. The summed E-state index contributed by atoms with van der Waals surface area (Å²) in [5.74, 6) is -1.24. The minimum Gasteiger partial charge on any atom is -0.497 e. The van der Waals surface area contributed by atoms with Crippen LogP contribution in [-0.2, 0) is 46.8 Å². The number of β-lactam (4-membered cyclic amide) rings is 1. The van der Waals surface area contributed by atoms with E-state index >= 15 is 0 Å². The van der Waals surface area contributed by atoms with Gasteiger partial charge in [-0.15, -0.1) is 11.8 Å². The monoisotopic (exact) mass is 611 g/mol. The number of carbonyl (C=O) groups excluding carboxylic acids is 3. The molecule has 0 saturated carbocycles. The van der Waals surface area contributed by atoms with Crippen molar-refractivity contribution >= 4 is 55.4 Å². The van der Waals surface area contributed by atoms with Crippen LogP contribution < -0.4 is 4.74 Å². The fourth-order valence-electron chi connectivity index (χ4n) is 4.43. The number of rotatable bonds is 7. The fourth-order valence-corrected chi connectivity index (χ4v) is 8.14. The average molecular weight is 612 g/mol. The lowest BCUT2D eigenvalue weighted by Gasteiger charge is -2.51. The van der Waals surface area contributed by atoms with Gasteiger partial charge < -0.3 is 18.8 Å². The number of benzene rings is 1. The molecule has 196 valence electrons. The molecular weight excluding hydrogens is 590 g/mol. The van der Waals surface area contributed by atoms with Crippen molar-refractivity contribution in [2.75, 3.05) is 12.9 Å². The molecule has 5 rings (SSSR count). The van der Waals surface area contributed by atoms with Gasteiger partial charge in [0.2, 0.25) is 15.0 Å². The Morgan fingerprint density at radius 2 is 2.03 bits per heavy atom. The lowest BCUT2D eigenvalue weighted by Crippen LogP contribution is -2.70. The van der Waals surface area contributed by atoms with E-state index in [-0.39, 0.29) is 28.9 Å². The molecule has 3 atom stereocenters. The highest BCUT2D eigenvalue weighted by molar-refractivity contribution is 9.10. The first-order valence-corrected chi connectivity index (χ1v) is 14.6. The van der Waals surface area contributed by atoms with Crippen LogP contribution in [0.4, 0.5) is 0 Å². The molecule has 1 aromatic carbocycles. The molecule has 3 aliphatic heterocycles. The first-order valence-electron chi connectivity index (χ1n) is 11.2. The average Bonchev–Trinajstić information content (AvgIpc) is 3.49. The topological polar surface area (TPSA) is 134 Å². The van der Waals surface area contributed by atoms with Crippen LogP contribution in [0.5, 0.6) is 5.75 Å². The van der Waals surface area contributed by atoms with E-state index in [1.807, 2.05) is 0 Å². The second kappa shape index (κ2) is 9.48. The number of ether oxygens (including phenoxy) is 3. The number of imidazole rings is 1. The summed E-state index contributed by atoms with van der Waals surface area (Å²) in [4.78, 5) is 43.8. The Kier molecular flexibility index (Phi) is 6.61. The molecule has 0 bridgehead atoms. The van der Waals surface area contributed by atoms with Crippen molar-refractivity contribution in [3.63, 3.8) is 0 Å². The number of aromatic nitrogens is 2. The number of amides is 1. The molecule has 14 heteroatoms. The van der Waals surface area contributed by atoms with Crippen molar-refractivity contribution in [2.45, 2.75) is 47.5 Å². The van der Waals surface area contributed by atoms with Crippen LogP contribution in [0, 0.1) is 0 Å². The first-order chi connectivity index (χ1) is 17.6. The Labute approximate surface area is 225 Å². The third-order valence-electron chi connectivity index (χ3n) is 6.23. The molecule has 2 unspecified atom stereocenters. The van der Waals surface area contributed by atoms with E-state index in [9.17, 15) is 22.8 Å². The van der Waals surface area contributed by atoms with Gasteiger partial charge in [0.15, 0.2) is 10.4 Å². The molecule has 0 N–H and O–H groups in total. The van der Waals surface area contributed by atoms with Gasteiger partial charge in [-0.2, -0.15) is 0 Å². The van der Waals surface area contributed by atoms with Gasteiger partial charge in [0.1, 0.15) is 29.1 Å². The smallest absolute Gasteiger partial charge is 0.355 e. The molecule has 0 radical (unpaired) electrons. The maximum absolute atomic E-state index is 13.5. The highest BCUT2D eigenvalue weighted by Gasteiger charge is 2.69. The molecule has 2 aromatic rings. The number of carbonyl (C=O) groups is 3. The number of esters is 2. The summed E-state index contributed by atoms with van der Waals surface area (Å²) in [5, 5.41) is 0.754. The highest BCUT2D eigenvalue weighted by Crippen LogP contribution is 2.58. The van der Waals surface area contributed by atoms with Crippen LogP contribution in [0.15, 0.2) is 46.7 Å². The van der Waals surface area contributed by atoms with Crippen LogP contribution in [0.25, 0.3) is 0 Å². The number of nitrogens with zero attached hydrogens (tertiary/aromatic N) is 3. The maximum atomic E-state index is 13.5. The predicted molar refractivity (Wildman–Crippen MR) is 134 cm³/mol. The Morgan fingerprint density at radius 3 is 2.68 bits per heavy atom. The second-order valence-electron chi connectivity index (χ2n) is 8.66. The molecule has 0 spiro atoms. The second-order valence-corrected chi connectivity index (χ2v) is 12.9. The van der Waals surface area contributed by atoms with Crippen LogP contribution in [0.1, 0.15) is 30.7 Å². The number of aryl methyl sites for hydroxylation is 1. The van der Waals surface area contributed by atoms with Gasteiger partial charge in [-0.05, 0) is 24.1 Å². The molecule has 37 heavy (non-hydrogen) atoms. The summed E-state index contributed by atoms with van der Waals surface area (Å²) in [6.07, 6.45) is 0.706. The van der Waals surface area contributed by atoms with E-state index in [4.69, 9.17) is 14.2 Å². The number of hydrogen-bond donors (Lipinski definition) is 0. The maximum Gasteiger partial charge on any atom is 0.355 e. The molecule has 11 nitrogen and oxygen atoms in total. The number of sulfone groups is 1. The van der Waals surface area contributed by atoms with Crippen LogP contribution >= 0.6 is 27.7 Å². The summed E-state index contributed by atoms with van der Waals surface area (Å²) >= 11 is 4.66. The number of halogens is 1. The zero-order valence-electron chi connectivity index (χ0n) is 19.7. The van der Waals surface area contributed by atoms with E-state index in [1.165, 1.54) is 39.8 Å². The van der Waals surface area contributed by atoms with E-state index in [0.717, 1.165) is 5.56 Å². The summed E-state index contributed by atoms with van der Waals surface area (Å²) in [6.45, 7) is 1.63. The Balaban J connectivity index is 1.35. The zero-order chi connectivity index (χ0) is 26.5. The molecule has 1 fully saturated rings. The third kappa shape index (κ3) is 4.34. The van der Waals surface area contributed by atoms with Crippen molar-refractivity contribution < 1.29 is 37.0 Å². The number of hydrogen-bond acceptors (Lipinski definition) is 10. The molecular formula is C23H22BrN3O8S2. The third-order valence-corrected chi connectivity index (χ3v) is 10.6. The van der Waals surface area contributed by atoms with E-state index in [0.29, 0.717) is 18.7 Å². The molecule has 1 saturated heterocycles. The van der Waals surface area contributed by atoms with E-state index in [2.05, 4.69) is 20.9 Å². The normalized spacial score (nSPS) is 24.3. The van der Waals surface area contributed by atoms with Gasteiger partial charge in [-0.3, -0.25) is 14.5 Å². The Hall–Kier alpha value is -2.84. The van der Waals surface area contributed by atoms with Crippen molar-refractivity contribution in [2.24, 2.45) is 0 Å². The predicted octanol–water partition coefficient (Wildman–Crippen LogP) is 2.31. The SMILES string of the molecule is COc1ccc(COC(=O)C2=CS[C@H]3N2C(=O)C3(Br)C(OC(C)=O)c2cn3c(n2)S(=O)(=O)CCC3)cc1. The Morgan fingerprint density at radius 1 is 1.30 bits per heavy atom. The number of fused-ring (bicyclic) bond motifs is 2. The minimum atomic E-state index is -3.58. The standard InChI is InChI=1S/C23H22BrN3O8S2/c1-13(28)35-18(16-10-26-8-3-9-37(31,32)22(26)25-16)23(24)20(30)27-17(12-36-21(23)27)19(29)34-11-14-4-6-15(33-2)7-5-14/h4-7,10,12,18,21H,3,8-9,11H2,1-2H3/t18?,21-,23?/m1/s1. The summed E-state index contributed by atoms with van der Waals surface area (Å²) < 4.78 is 41.0. The lowest BCUT2D eigenvalue weighted by molar-refractivity contribution is -0.163. The van der Waals surface area contributed by atoms with E-state index < -0.39 is 43.5 Å². The largest absolute Gasteiger partial charge is 0.497 e. The fraction of sp³-hybridized carbons (Fsp3) is 0.391. The van der Waals surface area contributed by atoms with Gasteiger partial charge in [0.25, 0.3) is 5.91 Å². The summed E-state index contributed by atoms with van der Waals surface area (Å²) in [7, 11) is -2.03. The van der Waals surface area contributed by atoms with Crippen molar-refractivity contribution in [3.05, 3.63) is 52.8 Å². The van der Waals surface area contributed by atoms with Crippen molar-refractivity contribution in [1.82, 2.24) is 14.5 Å². The molecule has 4 heterocycles. The quantitative estimate of drug-likeness (QED) is 0.261. The number of thioether (sulfide) groups is 1. The van der Waals surface area contributed by atoms with Gasteiger partial charge in [-0.1, -0.05) is 28.1 Å². The van der Waals surface area contributed by atoms with Gasteiger partial charge in [-0.25, -0.2) is 18.2 Å². The minimum absolute atomic E-state index is 0.00173. The van der Waals surface area contributed by atoms with E-state index in [1.54, 1.807) is 31.4 Å².